The van der Waals surface area contributed by atoms with E-state index in [4.69, 9.17) is 9.72 Å². The Morgan fingerprint density at radius 1 is 1.16 bits per heavy atom. The molecular formula is C23H28N6O3. The molecule has 168 valence electrons. The van der Waals surface area contributed by atoms with E-state index in [1.165, 1.54) is 0 Å². The van der Waals surface area contributed by atoms with E-state index in [0.29, 0.717) is 56.5 Å². The number of aromatic amines is 2. The zero-order chi connectivity index (χ0) is 22.1. The van der Waals surface area contributed by atoms with Crippen molar-refractivity contribution < 1.29 is 9.53 Å². The number of anilines is 1. The van der Waals surface area contributed by atoms with Crippen LogP contribution in [0.25, 0.3) is 11.0 Å². The van der Waals surface area contributed by atoms with E-state index in [9.17, 15) is 9.59 Å². The number of carbonyl (C=O) groups is 1. The molecule has 4 heterocycles. The van der Waals surface area contributed by atoms with Crippen LogP contribution < -0.4 is 10.5 Å². The van der Waals surface area contributed by atoms with E-state index in [1.807, 2.05) is 41.0 Å². The fraction of sp³-hybridized carbons (Fsp3) is 0.478. The highest BCUT2D eigenvalue weighted by atomic mass is 16.5. The predicted molar refractivity (Wildman–Crippen MR) is 121 cm³/mol. The van der Waals surface area contributed by atoms with Gasteiger partial charge in [0.25, 0.3) is 5.56 Å². The van der Waals surface area contributed by atoms with Crippen LogP contribution in [0.2, 0.25) is 0 Å². The lowest BCUT2D eigenvalue weighted by Gasteiger charge is -2.27. The van der Waals surface area contributed by atoms with E-state index in [0.717, 1.165) is 29.7 Å². The molecule has 2 N–H and O–H groups in total. The van der Waals surface area contributed by atoms with E-state index in [-0.39, 0.29) is 23.9 Å². The Kier molecular flexibility index (Phi) is 5.65. The number of hydrogen-bond acceptors (Lipinski definition) is 6. The Hall–Kier alpha value is -3.20. The van der Waals surface area contributed by atoms with Crippen LogP contribution in [0.15, 0.2) is 29.1 Å². The number of para-hydroxylation sites is 2. The van der Waals surface area contributed by atoms with Crippen LogP contribution in [-0.4, -0.2) is 63.6 Å². The number of ether oxygens (including phenoxy) is 1. The molecule has 2 saturated heterocycles. The van der Waals surface area contributed by atoms with E-state index >= 15 is 0 Å². The molecule has 5 rings (SSSR count). The van der Waals surface area contributed by atoms with Crippen molar-refractivity contribution in [1.29, 1.82) is 0 Å². The maximum atomic E-state index is 13.1. The van der Waals surface area contributed by atoms with Crippen LogP contribution >= 0.6 is 0 Å². The highest BCUT2D eigenvalue weighted by Crippen LogP contribution is 2.32. The van der Waals surface area contributed by atoms with Crippen LogP contribution in [0, 0.1) is 6.92 Å². The van der Waals surface area contributed by atoms with E-state index in [2.05, 4.69) is 15.0 Å². The first kappa shape index (κ1) is 20.7. The number of amides is 1. The van der Waals surface area contributed by atoms with Crippen molar-refractivity contribution in [3.63, 3.8) is 0 Å². The van der Waals surface area contributed by atoms with Crippen molar-refractivity contribution in [3.8, 4) is 0 Å². The first-order chi connectivity index (χ1) is 15.6. The summed E-state index contributed by atoms with van der Waals surface area (Å²) in [5.41, 5.74) is 2.99. The third-order valence-electron chi connectivity index (χ3n) is 6.41. The number of fused-ring (bicyclic) bond motifs is 1. The zero-order valence-corrected chi connectivity index (χ0v) is 18.3. The molecule has 0 spiro atoms. The van der Waals surface area contributed by atoms with Crippen LogP contribution in [0.4, 0.5) is 5.95 Å². The van der Waals surface area contributed by atoms with Crippen molar-refractivity contribution in [2.24, 2.45) is 0 Å². The number of aryl methyl sites for hydroxylation is 1. The summed E-state index contributed by atoms with van der Waals surface area (Å²) in [6.45, 7) is 5.22. The fourth-order valence-electron chi connectivity index (χ4n) is 4.67. The molecule has 2 aromatic heterocycles. The summed E-state index contributed by atoms with van der Waals surface area (Å²) >= 11 is 0. The van der Waals surface area contributed by atoms with Crippen molar-refractivity contribution >= 4 is 22.9 Å². The van der Waals surface area contributed by atoms with Gasteiger partial charge in [-0.05, 0) is 38.3 Å². The molecule has 0 bridgehead atoms. The van der Waals surface area contributed by atoms with Gasteiger partial charge in [0, 0.05) is 37.3 Å². The standard InChI is InChI=1S/C23H28N6O3/c1-15-16(22(31)27-23(24-15)28-11-13-32-14-12-28)8-9-20(30)29-10-4-7-19(29)21-25-17-5-2-3-6-18(17)26-21/h2-3,5-6,19H,4,7-14H2,1H3,(H,25,26)(H,24,27,31). The second kappa shape index (κ2) is 8.74. The van der Waals surface area contributed by atoms with Crippen molar-refractivity contribution in [2.75, 3.05) is 37.7 Å². The van der Waals surface area contributed by atoms with E-state index in [1.54, 1.807) is 0 Å². The molecule has 2 aliphatic heterocycles. The molecule has 9 heteroatoms. The predicted octanol–water partition coefficient (Wildman–Crippen LogP) is 2.09. The van der Waals surface area contributed by atoms with Gasteiger partial charge in [0.1, 0.15) is 5.82 Å². The van der Waals surface area contributed by atoms with Gasteiger partial charge in [-0.3, -0.25) is 14.6 Å². The molecule has 9 nitrogen and oxygen atoms in total. The molecule has 1 aromatic carbocycles. The van der Waals surface area contributed by atoms with Gasteiger partial charge in [-0.1, -0.05) is 12.1 Å². The van der Waals surface area contributed by atoms with Crippen molar-refractivity contribution in [3.05, 3.63) is 51.7 Å². The number of H-pyrrole nitrogens is 2. The number of morpholine rings is 1. The third-order valence-corrected chi connectivity index (χ3v) is 6.41. The van der Waals surface area contributed by atoms with Crippen molar-refractivity contribution in [2.45, 2.75) is 38.6 Å². The first-order valence-electron chi connectivity index (χ1n) is 11.3. The average molecular weight is 437 g/mol. The minimum atomic E-state index is -0.165. The highest BCUT2D eigenvalue weighted by molar-refractivity contribution is 5.78. The lowest BCUT2D eigenvalue weighted by Crippen LogP contribution is -2.38. The summed E-state index contributed by atoms with van der Waals surface area (Å²) < 4.78 is 5.37. The monoisotopic (exact) mass is 436 g/mol. The molecule has 3 aromatic rings. The summed E-state index contributed by atoms with van der Waals surface area (Å²) in [5.74, 6) is 1.46. The number of carbonyl (C=O) groups excluding carboxylic acids is 1. The molecule has 0 aliphatic carbocycles. The Balaban J connectivity index is 1.28. The lowest BCUT2D eigenvalue weighted by molar-refractivity contribution is -0.132. The summed E-state index contributed by atoms with van der Waals surface area (Å²) in [6.07, 6.45) is 2.49. The van der Waals surface area contributed by atoms with Gasteiger partial charge < -0.3 is 19.5 Å². The zero-order valence-electron chi connectivity index (χ0n) is 18.3. The van der Waals surface area contributed by atoms with Crippen LogP contribution in [0.1, 0.15) is 42.4 Å². The average Bonchev–Trinajstić information content (AvgIpc) is 3.46. The first-order valence-corrected chi connectivity index (χ1v) is 11.3. The molecule has 1 unspecified atom stereocenters. The van der Waals surface area contributed by atoms with Gasteiger partial charge in [-0.25, -0.2) is 9.97 Å². The Labute approximate surface area is 185 Å². The van der Waals surface area contributed by atoms with Gasteiger partial charge in [0.15, 0.2) is 0 Å². The van der Waals surface area contributed by atoms with Gasteiger partial charge in [-0.2, -0.15) is 0 Å². The Morgan fingerprint density at radius 3 is 2.75 bits per heavy atom. The quantitative estimate of drug-likeness (QED) is 0.634. The lowest BCUT2D eigenvalue weighted by atomic mass is 10.1. The maximum absolute atomic E-state index is 13.1. The SMILES string of the molecule is Cc1nc(N2CCOCC2)[nH]c(=O)c1CCC(=O)N1CCCC1c1nc2ccccc2[nH]1. The number of aromatic nitrogens is 4. The van der Waals surface area contributed by atoms with Gasteiger partial charge in [0.2, 0.25) is 11.9 Å². The number of likely N-dealkylation sites (tertiary alicyclic amines) is 1. The number of nitrogens with zero attached hydrogens (tertiary/aromatic N) is 4. The summed E-state index contributed by atoms with van der Waals surface area (Å²) in [7, 11) is 0. The molecule has 2 fully saturated rings. The second-order valence-electron chi connectivity index (χ2n) is 8.44. The summed E-state index contributed by atoms with van der Waals surface area (Å²) in [4.78, 5) is 45.3. The van der Waals surface area contributed by atoms with Gasteiger partial charge in [-0.15, -0.1) is 0 Å². The van der Waals surface area contributed by atoms with Crippen molar-refractivity contribution in [1.82, 2.24) is 24.8 Å². The Bertz CT molecular complexity index is 1150. The molecule has 2 aliphatic rings. The topological polar surface area (TPSA) is 107 Å². The summed E-state index contributed by atoms with van der Waals surface area (Å²) in [6, 6.07) is 7.86. The highest BCUT2D eigenvalue weighted by Gasteiger charge is 2.32. The molecular weight excluding hydrogens is 408 g/mol. The molecule has 1 atom stereocenters. The Morgan fingerprint density at radius 2 is 1.97 bits per heavy atom. The van der Waals surface area contributed by atoms with Crippen LogP contribution in [0.3, 0.4) is 0 Å². The minimum absolute atomic E-state index is 0.0453. The number of nitrogens with one attached hydrogen (secondary N) is 2. The number of hydrogen-bond donors (Lipinski definition) is 2. The van der Waals surface area contributed by atoms with Gasteiger partial charge in [0.05, 0.1) is 30.3 Å². The van der Waals surface area contributed by atoms with Crippen LogP contribution in [-0.2, 0) is 16.0 Å². The largest absolute Gasteiger partial charge is 0.378 e. The summed E-state index contributed by atoms with van der Waals surface area (Å²) in [5, 5.41) is 0. The number of imidazole rings is 1. The fourth-order valence-corrected chi connectivity index (χ4v) is 4.67. The van der Waals surface area contributed by atoms with Crippen LogP contribution in [0.5, 0.6) is 0 Å². The maximum Gasteiger partial charge on any atom is 0.255 e. The molecule has 32 heavy (non-hydrogen) atoms. The van der Waals surface area contributed by atoms with E-state index < -0.39 is 0 Å². The molecule has 1 amide bonds. The normalized spacial score (nSPS) is 19.1. The number of benzene rings is 1. The molecule has 0 radical (unpaired) electrons. The molecule has 0 saturated carbocycles. The van der Waals surface area contributed by atoms with Gasteiger partial charge >= 0.3 is 0 Å². The number of rotatable bonds is 5. The minimum Gasteiger partial charge on any atom is -0.378 e. The third kappa shape index (κ3) is 4.00. The smallest absolute Gasteiger partial charge is 0.255 e. The second-order valence-corrected chi connectivity index (χ2v) is 8.44.